The van der Waals surface area contributed by atoms with E-state index in [-0.39, 0.29) is 0 Å². The van der Waals surface area contributed by atoms with E-state index in [1.165, 1.54) is 5.57 Å². The molecule has 0 atom stereocenters. The lowest BCUT2D eigenvalue weighted by Gasteiger charge is -2.02. The van der Waals surface area contributed by atoms with Crippen LogP contribution >= 0.6 is 0 Å². The van der Waals surface area contributed by atoms with Gasteiger partial charge in [0, 0.05) is 12.6 Å². The highest BCUT2D eigenvalue weighted by Gasteiger charge is 2.06. The molecule has 0 unspecified atom stereocenters. The molecule has 0 aromatic carbocycles. The number of aromatic nitrogens is 1. The number of rotatable bonds is 5. The predicted molar refractivity (Wildman–Crippen MR) is 69.6 cm³/mol. The SMILES string of the molecule is C/C=C(/C=C/Cc1ncccc1C(N)=O)CC. The molecule has 0 spiro atoms. The normalized spacial score (nSPS) is 12.0. The van der Waals surface area contributed by atoms with Crippen LogP contribution in [0.15, 0.2) is 42.1 Å². The second-order valence-electron chi connectivity index (χ2n) is 3.69. The van der Waals surface area contributed by atoms with Crippen molar-refractivity contribution in [1.82, 2.24) is 4.98 Å². The fourth-order valence-corrected chi connectivity index (χ4v) is 1.57. The van der Waals surface area contributed by atoms with Gasteiger partial charge < -0.3 is 5.73 Å². The fourth-order valence-electron chi connectivity index (χ4n) is 1.57. The number of carbonyl (C=O) groups is 1. The molecule has 0 aliphatic rings. The largest absolute Gasteiger partial charge is 0.366 e. The van der Waals surface area contributed by atoms with E-state index >= 15 is 0 Å². The molecule has 17 heavy (non-hydrogen) atoms. The summed E-state index contributed by atoms with van der Waals surface area (Å²) >= 11 is 0. The highest BCUT2D eigenvalue weighted by molar-refractivity contribution is 5.93. The molecule has 0 radical (unpaired) electrons. The van der Waals surface area contributed by atoms with Crippen LogP contribution in [-0.4, -0.2) is 10.9 Å². The van der Waals surface area contributed by atoms with E-state index < -0.39 is 5.91 Å². The highest BCUT2D eigenvalue weighted by atomic mass is 16.1. The van der Waals surface area contributed by atoms with Crippen molar-refractivity contribution in [2.45, 2.75) is 26.7 Å². The minimum atomic E-state index is -0.428. The Bertz CT molecular complexity index is 447. The van der Waals surface area contributed by atoms with Crippen molar-refractivity contribution >= 4 is 5.91 Å². The zero-order valence-electron chi connectivity index (χ0n) is 10.3. The number of primary amides is 1. The van der Waals surface area contributed by atoms with Crippen LogP contribution in [0.1, 0.15) is 36.3 Å². The molecule has 0 aliphatic carbocycles. The molecule has 3 heteroatoms. The van der Waals surface area contributed by atoms with Gasteiger partial charge in [0.15, 0.2) is 0 Å². The number of allylic oxidation sites excluding steroid dienone is 4. The number of pyridine rings is 1. The van der Waals surface area contributed by atoms with Gasteiger partial charge in [0.05, 0.1) is 11.3 Å². The van der Waals surface area contributed by atoms with E-state index in [1.807, 2.05) is 13.0 Å². The lowest BCUT2D eigenvalue weighted by molar-refractivity contribution is 0.0999. The topological polar surface area (TPSA) is 56.0 Å². The minimum Gasteiger partial charge on any atom is -0.366 e. The summed E-state index contributed by atoms with van der Waals surface area (Å²) in [5.41, 5.74) is 7.77. The van der Waals surface area contributed by atoms with E-state index in [2.05, 4.69) is 24.1 Å². The maximum absolute atomic E-state index is 11.2. The smallest absolute Gasteiger partial charge is 0.250 e. The Morgan fingerprint density at radius 3 is 2.88 bits per heavy atom. The van der Waals surface area contributed by atoms with Gasteiger partial charge in [-0.2, -0.15) is 0 Å². The molecule has 90 valence electrons. The standard InChI is InChI=1S/C14H18N2O/c1-3-11(4-2)7-5-9-13-12(14(15)17)8-6-10-16-13/h3,5-8,10H,4,9H2,1-2H3,(H2,15,17)/b7-5+,11-3+. The molecule has 1 rings (SSSR count). The van der Waals surface area contributed by atoms with Crippen LogP contribution in [0.5, 0.6) is 0 Å². The van der Waals surface area contributed by atoms with E-state index in [9.17, 15) is 4.79 Å². The van der Waals surface area contributed by atoms with Gasteiger partial charge in [-0.25, -0.2) is 0 Å². The van der Waals surface area contributed by atoms with Crippen molar-refractivity contribution in [2.24, 2.45) is 5.73 Å². The number of carbonyl (C=O) groups excluding carboxylic acids is 1. The molecule has 1 aromatic rings. The minimum absolute atomic E-state index is 0.428. The van der Waals surface area contributed by atoms with Crippen LogP contribution < -0.4 is 5.73 Å². The number of nitrogens with zero attached hydrogens (tertiary/aromatic N) is 1. The first kappa shape index (κ1) is 13.2. The van der Waals surface area contributed by atoms with Crippen LogP contribution in [0.3, 0.4) is 0 Å². The molecule has 2 N–H and O–H groups in total. The molecule has 1 aromatic heterocycles. The quantitative estimate of drug-likeness (QED) is 0.790. The van der Waals surface area contributed by atoms with Crippen LogP contribution in [-0.2, 0) is 6.42 Å². The summed E-state index contributed by atoms with van der Waals surface area (Å²) in [6, 6.07) is 3.42. The first-order valence-corrected chi connectivity index (χ1v) is 5.74. The van der Waals surface area contributed by atoms with Crippen molar-refractivity contribution in [3.8, 4) is 0 Å². The van der Waals surface area contributed by atoms with Gasteiger partial charge >= 0.3 is 0 Å². The van der Waals surface area contributed by atoms with Crippen molar-refractivity contribution in [3.05, 3.63) is 53.4 Å². The number of hydrogen-bond acceptors (Lipinski definition) is 2. The fraction of sp³-hybridized carbons (Fsp3) is 0.286. The first-order chi connectivity index (χ1) is 8.19. The molecule has 0 aliphatic heterocycles. The van der Waals surface area contributed by atoms with E-state index in [0.717, 1.165) is 12.1 Å². The maximum Gasteiger partial charge on any atom is 0.250 e. The van der Waals surface area contributed by atoms with Gasteiger partial charge in [-0.15, -0.1) is 0 Å². The molecule has 0 bridgehead atoms. The Balaban J connectivity index is 2.79. The zero-order valence-corrected chi connectivity index (χ0v) is 10.3. The summed E-state index contributed by atoms with van der Waals surface area (Å²) in [5, 5.41) is 0. The molecule has 0 saturated carbocycles. The Hall–Kier alpha value is -1.90. The summed E-state index contributed by atoms with van der Waals surface area (Å²) in [5.74, 6) is -0.428. The average Bonchev–Trinajstić information content (AvgIpc) is 2.35. The average molecular weight is 230 g/mol. The van der Waals surface area contributed by atoms with Crippen LogP contribution in [0, 0.1) is 0 Å². The Kier molecular flexibility index (Phi) is 5.14. The van der Waals surface area contributed by atoms with Gasteiger partial charge in [-0.1, -0.05) is 30.7 Å². The van der Waals surface area contributed by atoms with Crippen LogP contribution in [0.2, 0.25) is 0 Å². The third kappa shape index (κ3) is 3.87. The molecule has 0 fully saturated rings. The second kappa shape index (κ2) is 6.63. The van der Waals surface area contributed by atoms with Gasteiger partial charge in [-0.3, -0.25) is 9.78 Å². The zero-order chi connectivity index (χ0) is 12.7. The molecule has 0 saturated heterocycles. The van der Waals surface area contributed by atoms with Crippen LogP contribution in [0.25, 0.3) is 0 Å². The summed E-state index contributed by atoms with van der Waals surface area (Å²) in [7, 11) is 0. The van der Waals surface area contributed by atoms with Gasteiger partial charge in [0.1, 0.15) is 0 Å². The summed E-state index contributed by atoms with van der Waals surface area (Å²) in [6.45, 7) is 4.12. The van der Waals surface area contributed by atoms with Crippen molar-refractivity contribution < 1.29 is 4.79 Å². The molecule has 1 amide bonds. The third-order valence-corrected chi connectivity index (χ3v) is 2.58. The predicted octanol–water partition coefficient (Wildman–Crippen LogP) is 2.64. The lowest BCUT2D eigenvalue weighted by Crippen LogP contribution is -2.14. The Morgan fingerprint density at radius 2 is 2.29 bits per heavy atom. The van der Waals surface area contributed by atoms with Crippen LogP contribution in [0.4, 0.5) is 0 Å². The van der Waals surface area contributed by atoms with Gasteiger partial charge in [-0.05, 0) is 25.5 Å². The molecular weight excluding hydrogens is 212 g/mol. The van der Waals surface area contributed by atoms with Gasteiger partial charge in [0.25, 0.3) is 5.91 Å². The van der Waals surface area contributed by atoms with E-state index in [1.54, 1.807) is 18.3 Å². The number of amides is 1. The molecular formula is C14H18N2O. The second-order valence-corrected chi connectivity index (χ2v) is 3.69. The lowest BCUT2D eigenvalue weighted by atomic mass is 10.1. The van der Waals surface area contributed by atoms with Crippen molar-refractivity contribution in [2.75, 3.05) is 0 Å². The van der Waals surface area contributed by atoms with Crippen molar-refractivity contribution in [1.29, 1.82) is 0 Å². The molecule has 1 heterocycles. The highest BCUT2D eigenvalue weighted by Crippen LogP contribution is 2.08. The van der Waals surface area contributed by atoms with Crippen molar-refractivity contribution in [3.63, 3.8) is 0 Å². The Morgan fingerprint density at radius 1 is 1.53 bits per heavy atom. The Labute approximate surface area is 102 Å². The monoisotopic (exact) mass is 230 g/mol. The maximum atomic E-state index is 11.2. The number of hydrogen-bond donors (Lipinski definition) is 1. The van der Waals surface area contributed by atoms with Gasteiger partial charge in [0.2, 0.25) is 0 Å². The first-order valence-electron chi connectivity index (χ1n) is 5.74. The third-order valence-electron chi connectivity index (χ3n) is 2.58. The number of nitrogens with two attached hydrogens (primary N) is 1. The van der Waals surface area contributed by atoms with E-state index in [0.29, 0.717) is 12.0 Å². The summed E-state index contributed by atoms with van der Waals surface area (Å²) < 4.78 is 0. The van der Waals surface area contributed by atoms with E-state index in [4.69, 9.17) is 5.73 Å². The molecule has 3 nitrogen and oxygen atoms in total. The summed E-state index contributed by atoms with van der Waals surface area (Å²) in [6.07, 6.45) is 9.43. The summed E-state index contributed by atoms with van der Waals surface area (Å²) in [4.78, 5) is 15.4.